The van der Waals surface area contributed by atoms with E-state index in [-0.39, 0.29) is 23.5 Å². The van der Waals surface area contributed by atoms with Crippen LogP contribution in [0, 0.1) is 10.1 Å². The van der Waals surface area contributed by atoms with Crippen LogP contribution in [0.25, 0.3) is 10.9 Å². The number of hydrogen-bond donors (Lipinski definition) is 1. The molecule has 3 rings (SSSR count). The molecule has 0 bridgehead atoms. The molecule has 1 N–H and O–H groups in total. The summed E-state index contributed by atoms with van der Waals surface area (Å²) < 4.78 is 10.3. The van der Waals surface area contributed by atoms with Crippen molar-refractivity contribution in [2.45, 2.75) is 6.92 Å². The molecule has 8 heteroatoms. The van der Waals surface area contributed by atoms with Crippen molar-refractivity contribution in [1.82, 2.24) is 4.98 Å². The lowest BCUT2D eigenvalue weighted by Gasteiger charge is -2.21. The van der Waals surface area contributed by atoms with Crippen molar-refractivity contribution in [3.8, 4) is 5.75 Å². The van der Waals surface area contributed by atoms with Gasteiger partial charge in [0.2, 0.25) is 0 Å². The SMILES string of the molecule is CCOC(=O)c1cc2c(N(C)c3cccc(OC)c3)ccc([N+](=O)[O-])c2[nH]1. The maximum atomic E-state index is 12.1. The summed E-state index contributed by atoms with van der Waals surface area (Å²) in [5.41, 5.74) is 1.87. The smallest absolute Gasteiger partial charge is 0.354 e. The lowest BCUT2D eigenvalue weighted by atomic mass is 10.1. The standard InChI is InChI=1S/C19H19N3O5/c1-4-27-19(23)15-11-14-16(8-9-17(22(24)25)18(14)20-15)21(2)12-6-5-7-13(10-12)26-3/h5-11,20H,4H2,1-3H3. The highest BCUT2D eigenvalue weighted by molar-refractivity contribution is 6.04. The number of carbonyl (C=O) groups excluding carboxylic acids is 1. The number of nitrogens with one attached hydrogen (secondary N) is 1. The average Bonchev–Trinajstić information content (AvgIpc) is 3.12. The van der Waals surface area contributed by atoms with Gasteiger partial charge in [-0.1, -0.05) is 6.07 Å². The molecule has 0 radical (unpaired) electrons. The fourth-order valence-corrected chi connectivity index (χ4v) is 2.91. The first kappa shape index (κ1) is 18.2. The number of aromatic nitrogens is 1. The first-order valence-electron chi connectivity index (χ1n) is 8.31. The van der Waals surface area contributed by atoms with E-state index in [4.69, 9.17) is 9.47 Å². The molecule has 0 aliphatic carbocycles. The summed E-state index contributed by atoms with van der Waals surface area (Å²) in [6, 6.07) is 12.1. The summed E-state index contributed by atoms with van der Waals surface area (Å²) in [7, 11) is 3.42. The van der Waals surface area contributed by atoms with Gasteiger partial charge in [0.05, 0.1) is 24.3 Å². The first-order valence-corrected chi connectivity index (χ1v) is 8.31. The van der Waals surface area contributed by atoms with E-state index in [1.54, 1.807) is 26.2 Å². The van der Waals surface area contributed by atoms with Gasteiger partial charge in [-0.3, -0.25) is 10.1 Å². The number of fused-ring (bicyclic) bond motifs is 1. The molecule has 0 saturated heterocycles. The largest absolute Gasteiger partial charge is 0.497 e. The summed E-state index contributed by atoms with van der Waals surface area (Å²) in [6.45, 7) is 1.91. The predicted molar refractivity (Wildman–Crippen MR) is 102 cm³/mol. The van der Waals surface area contributed by atoms with Crippen molar-refractivity contribution in [2.75, 3.05) is 25.7 Å². The number of nitro benzene ring substituents is 1. The Bertz CT molecular complexity index is 1010. The number of ether oxygens (including phenoxy) is 2. The number of aromatic amines is 1. The van der Waals surface area contributed by atoms with Crippen LogP contribution in [0.5, 0.6) is 5.75 Å². The molecule has 140 valence electrons. The molecule has 0 amide bonds. The van der Waals surface area contributed by atoms with Crippen LogP contribution in [-0.2, 0) is 4.74 Å². The highest BCUT2D eigenvalue weighted by Crippen LogP contribution is 2.37. The minimum atomic E-state index is -0.557. The van der Waals surface area contributed by atoms with Gasteiger partial charge in [0.15, 0.2) is 0 Å². The van der Waals surface area contributed by atoms with Crippen LogP contribution < -0.4 is 9.64 Å². The Morgan fingerprint density at radius 3 is 2.70 bits per heavy atom. The Morgan fingerprint density at radius 2 is 2.04 bits per heavy atom. The van der Waals surface area contributed by atoms with Crippen molar-refractivity contribution in [3.63, 3.8) is 0 Å². The van der Waals surface area contributed by atoms with E-state index in [9.17, 15) is 14.9 Å². The van der Waals surface area contributed by atoms with Gasteiger partial charge in [0.1, 0.15) is 17.0 Å². The molecule has 0 atom stereocenters. The van der Waals surface area contributed by atoms with E-state index in [0.29, 0.717) is 16.8 Å². The zero-order valence-corrected chi connectivity index (χ0v) is 15.2. The van der Waals surface area contributed by atoms with Gasteiger partial charge in [-0.05, 0) is 31.2 Å². The minimum Gasteiger partial charge on any atom is -0.497 e. The van der Waals surface area contributed by atoms with Crippen LogP contribution in [0.1, 0.15) is 17.4 Å². The minimum absolute atomic E-state index is 0.108. The summed E-state index contributed by atoms with van der Waals surface area (Å²) in [6.07, 6.45) is 0. The molecule has 1 aromatic heterocycles. The maximum Gasteiger partial charge on any atom is 0.354 e. The second-order valence-corrected chi connectivity index (χ2v) is 5.81. The van der Waals surface area contributed by atoms with E-state index in [1.165, 1.54) is 6.07 Å². The molecular formula is C19H19N3O5. The molecule has 0 unspecified atom stereocenters. The van der Waals surface area contributed by atoms with E-state index in [2.05, 4.69) is 4.98 Å². The average molecular weight is 369 g/mol. The number of nitrogens with zero attached hydrogens (tertiary/aromatic N) is 2. The molecule has 0 fully saturated rings. The third-order valence-electron chi connectivity index (χ3n) is 4.24. The van der Waals surface area contributed by atoms with Crippen molar-refractivity contribution in [2.24, 2.45) is 0 Å². The van der Waals surface area contributed by atoms with Crippen LogP contribution >= 0.6 is 0 Å². The van der Waals surface area contributed by atoms with Crippen LogP contribution in [0.3, 0.4) is 0 Å². The Balaban J connectivity index is 2.16. The van der Waals surface area contributed by atoms with Crippen LogP contribution in [0.15, 0.2) is 42.5 Å². The topological polar surface area (TPSA) is 97.7 Å². The quantitative estimate of drug-likeness (QED) is 0.400. The van der Waals surface area contributed by atoms with Crippen molar-refractivity contribution < 1.29 is 19.2 Å². The second kappa shape index (κ2) is 7.36. The van der Waals surface area contributed by atoms with Crippen LogP contribution in [0.4, 0.5) is 17.1 Å². The molecule has 0 saturated carbocycles. The molecule has 0 spiro atoms. The normalized spacial score (nSPS) is 10.6. The molecule has 2 aromatic carbocycles. The van der Waals surface area contributed by atoms with Gasteiger partial charge >= 0.3 is 5.97 Å². The number of rotatable bonds is 6. The van der Waals surface area contributed by atoms with E-state index >= 15 is 0 Å². The molecule has 27 heavy (non-hydrogen) atoms. The molecule has 3 aromatic rings. The van der Waals surface area contributed by atoms with Crippen LogP contribution in [-0.4, -0.2) is 36.6 Å². The van der Waals surface area contributed by atoms with Crippen molar-refractivity contribution in [1.29, 1.82) is 0 Å². The van der Waals surface area contributed by atoms with E-state index in [0.717, 1.165) is 5.69 Å². The summed E-state index contributed by atoms with van der Waals surface area (Å²) in [4.78, 5) is 27.7. The number of hydrogen-bond acceptors (Lipinski definition) is 6. The maximum absolute atomic E-state index is 12.1. The predicted octanol–water partition coefficient (Wildman–Crippen LogP) is 4.03. The lowest BCUT2D eigenvalue weighted by Crippen LogP contribution is -2.10. The highest BCUT2D eigenvalue weighted by Gasteiger charge is 2.22. The fourth-order valence-electron chi connectivity index (χ4n) is 2.91. The number of benzene rings is 2. The third-order valence-corrected chi connectivity index (χ3v) is 4.24. The Morgan fingerprint density at radius 1 is 1.26 bits per heavy atom. The molecule has 1 heterocycles. The van der Waals surface area contributed by atoms with Crippen molar-refractivity contribution in [3.05, 3.63) is 58.3 Å². The van der Waals surface area contributed by atoms with Crippen LogP contribution in [0.2, 0.25) is 0 Å². The van der Waals surface area contributed by atoms with Gasteiger partial charge in [-0.2, -0.15) is 0 Å². The number of H-pyrrole nitrogens is 1. The number of esters is 1. The zero-order valence-electron chi connectivity index (χ0n) is 15.2. The molecule has 0 aliphatic heterocycles. The summed E-state index contributed by atoms with van der Waals surface area (Å²) in [5.74, 6) is 0.136. The van der Waals surface area contributed by atoms with Gasteiger partial charge in [-0.25, -0.2) is 4.79 Å². The van der Waals surface area contributed by atoms with Gasteiger partial charge in [0, 0.05) is 30.3 Å². The van der Waals surface area contributed by atoms with E-state index < -0.39 is 10.9 Å². The molecule has 8 nitrogen and oxygen atoms in total. The Kier molecular flexibility index (Phi) is 4.98. The van der Waals surface area contributed by atoms with Crippen molar-refractivity contribution >= 4 is 33.9 Å². The monoisotopic (exact) mass is 369 g/mol. The Hall–Kier alpha value is -3.55. The van der Waals surface area contributed by atoms with Gasteiger partial charge in [-0.15, -0.1) is 0 Å². The molecular weight excluding hydrogens is 350 g/mol. The summed E-state index contributed by atoms with van der Waals surface area (Å²) >= 11 is 0. The fraction of sp³-hybridized carbons (Fsp3) is 0.211. The molecule has 0 aliphatic rings. The number of nitro groups is 1. The lowest BCUT2D eigenvalue weighted by molar-refractivity contribution is -0.383. The highest BCUT2D eigenvalue weighted by atomic mass is 16.6. The third kappa shape index (κ3) is 3.41. The van der Waals surface area contributed by atoms with E-state index in [1.807, 2.05) is 36.2 Å². The number of anilines is 2. The Labute approximate surface area is 155 Å². The number of methoxy groups -OCH3 is 1. The first-order chi connectivity index (χ1) is 13.0. The zero-order chi connectivity index (χ0) is 19.6. The number of carbonyl (C=O) groups is 1. The summed E-state index contributed by atoms with van der Waals surface area (Å²) in [5, 5.41) is 11.9. The number of non-ortho nitro benzene ring substituents is 1. The van der Waals surface area contributed by atoms with Gasteiger partial charge in [0.25, 0.3) is 5.69 Å². The van der Waals surface area contributed by atoms with Gasteiger partial charge < -0.3 is 19.4 Å². The second-order valence-electron chi connectivity index (χ2n) is 5.81.